The molecule has 0 saturated carbocycles. The lowest BCUT2D eigenvalue weighted by Gasteiger charge is -2.11. The summed E-state index contributed by atoms with van der Waals surface area (Å²) < 4.78 is 264. The number of aromatic nitrogens is 30. The number of hydrogen-bond acceptors (Lipinski definition) is 30. The average Bonchev–Trinajstić information content (AvgIpc) is 1.59. The summed E-state index contributed by atoms with van der Waals surface area (Å²) in [4.78, 5) is 120. The molecule has 0 aliphatic carbocycles. The number of rotatable bonds is 15. The molecule has 0 aliphatic rings. The molecule has 20 heterocycles. The smallest absolute Gasteiger partial charge is 0.263 e. The van der Waals surface area contributed by atoms with Crippen LogP contribution in [0.1, 0.15) is 72.4 Å². The van der Waals surface area contributed by atoms with Gasteiger partial charge in [-0.1, -0.05) is 0 Å². The van der Waals surface area contributed by atoms with Gasteiger partial charge in [-0.25, -0.2) is 116 Å². The minimum absolute atomic E-state index is 0.0233. The Hall–Kier alpha value is -19.4. The van der Waals surface area contributed by atoms with E-state index in [1.807, 2.05) is 0 Å². The number of halogens is 10. The maximum Gasteiger partial charge on any atom is 0.263 e. The number of aryl methyl sites for hydroxylation is 3. The first-order valence-electron chi connectivity index (χ1n) is 44.7. The van der Waals surface area contributed by atoms with Crippen molar-refractivity contribution in [3.05, 3.63) is 272 Å². The van der Waals surface area contributed by atoms with Crippen LogP contribution in [-0.4, -0.2) is 175 Å². The van der Waals surface area contributed by atoms with E-state index < -0.39 is 145 Å². The van der Waals surface area contributed by atoms with Gasteiger partial charge in [0.15, 0.2) is 115 Å². The number of nitrogens with zero attached hydrogens (tertiary/aromatic N) is 30. The molecular weight excluding hydrogens is 1790 g/mol. The Kier molecular flexibility index (Phi) is 19.5. The number of carbonyl (C=O) groups is 5. The monoisotopic (exact) mass is 1870 g/mol. The first-order valence-corrected chi connectivity index (χ1v) is 37.2. The third-order valence-corrected chi connectivity index (χ3v) is 18.7. The second-order valence-corrected chi connectivity index (χ2v) is 27.3. The molecule has 680 valence electrons. The lowest BCUT2D eigenvalue weighted by atomic mass is 10.1. The number of imidazole rings is 5. The van der Waals surface area contributed by atoms with Gasteiger partial charge in [0.25, 0.3) is 29.5 Å². The molecular formula is C80H60F10N40O5. The van der Waals surface area contributed by atoms with Crippen molar-refractivity contribution in [3.63, 3.8) is 0 Å². The Morgan fingerprint density at radius 1 is 0.281 bits per heavy atom. The number of nitrogens with two attached hydrogens (primary N) is 5. The molecule has 0 atom stereocenters. The standard InChI is InChI=1S/5C16H12F2N8O/c5*1-25-7-21-5-11(25)12-9(18)3-20-4-10(12)23-16(27)13-14(19)24-26-6-8(17)2-22-15(13)26/h5*2-7H,1H3,(H2,19,24)(H,23,27)/i2D,5D,7D;1D3,5D,7D;1D3,2D;1+1;1D3. The van der Waals surface area contributed by atoms with Crippen molar-refractivity contribution < 1.29 is 88.4 Å². The maximum atomic E-state index is 14.8. The molecule has 0 unspecified atom stereocenters. The Balaban J connectivity index is 0.000000134. The summed E-state index contributed by atoms with van der Waals surface area (Å²) in [5.74, 6) is -13.8. The fraction of sp³-hybridized carbons (Fsp3) is 0.0625. The summed E-state index contributed by atoms with van der Waals surface area (Å²) >= 11 is 0. The van der Waals surface area contributed by atoms with Crippen molar-refractivity contribution in [1.29, 1.82) is 0 Å². The zero-order valence-electron chi connectivity index (χ0n) is 82.5. The van der Waals surface area contributed by atoms with Crippen molar-refractivity contribution in [2.24, 2.45) is 35.0 Å². The van der Waals surface area contributed by atoms with Gasteiger partial charge in [-0.2, -0.15) is 0 Å². The van der Waals surface area contributed by atoms with E-state index in [2.05, 4.69) is 127 Å². The van der Waals surface area contributed by atoms with Crippen LogP contribution in [0, 0.1) is 58.2 Å². The number of nitrogen functional groups attached to an aromatic ring is 5. The molecule has 20 aromatic heterocycles. The largest absolute Gasteiger partial charge is 0.381 e. The van der Waals surface area contributed by atoms with Crippen molar-refractivity contribution in [1.82, 2.24) is 146 Å². The second-order valence-electron chi connectivity index (χ2n) is 27.3. The van der Waals surface area contributed by atoms with Crippen LogP contribution in [0.2, 0.25) is 0 Å². The summed E-state index contributed by atoms with van der Waals surface area (Å²) in [6.45, 7) is -8.26. The van der Waals surface area contributed by atoms with Gasteiger partial charge in [-0.3, -0.25) is 48.9 Å². The number of hydrogen-bond donors (Lipinski definition) is 10. The zero-order valence-corrected chi connectivity index (χ0v) is 67.5. The van der Waals surface area contributed by atoms with Gasteiger partial charge < -0.3 is 78.1 Å². The number of nitrogens with one attached hydrogen (secondary N) is 5. The first-order chi connectivity index (χ1) is 70.9. The maximum absolute atomic E-state index is 14.8. The molecule has 0 aromatic carbocycles. The number of anilines is 10. The molecule has 20 rings (SSSR count). The Bertz CT molecular complexity index is 8850. The molecule has 0 fully saturated rings. The topological polar surface area (TPSA) is 580 Å². The minimum atomic E-state index is -2.96. The summed E-state index contributed by atoms with van der Waals surface area (Å²) in [5.41, 5.74) is 25.3. The molecule has 0 aliphatic heterocycles. The number of amides is 5. The van der Waals surface area contributed by atoms with Crippen LogP contribution in [0.4, 0.5) is 101 Å². The molecule has 55 heteroatoms. The predicted octanol–water partition coefficient (Wildman–Crippen LogP) is 8.19. The van der Waals surface area contributed by atoms with Gasteiger partial charge in [0, 0.05) is 47.4 Å². The zero-order chi connectivity index (χ0) is 108. The Morgan fingerprint density at radius 3 is 0.807 bits per heavy atom. The predicted molar refractivity (Wildman–Crippen MR) is 459 cm³/mol. The highest BCUT2D eigenvalue weighted by molar-refractivity contribution is 6.16. The van der Waals surface area contributed by atoms with Crippen LogP contribution in [0.15, 0.2) is 186 Å². The van der Waals surface area contributed by atoms with Crippen LogP contribution in [-0.2, 0) is 35.0 Å². The summed E-state index contributed by atoms with van der Waals surface area (Å²) in [5, 5.41) is 31.2. The van der Waals surface area contributed by atoms with Crippen molar-refractivity contribution in [2.45, 2.75) is 0 Å². The van der Waals surface area contributed by atoms with Gasteiger partial charge in [0.05, 0.1) is 277 Å². The fourth-order valence-electron chi connectivity index (χ4n) is 12.9. The van der Waals surface area contributed by atoms with Crippen LogP contribution in [0.25, 0.3) is 84.5 Å². The SMILES string of the molecule is [13CH3]n1cncc1-c1c(F)cncc1NC(=O)c1c(N)nn2cc(F)cnc12.[2H]C([2H])([2H])n1cncc1-c1c(F)cncc1NC(=O)c1c(N)nn2cc(F)cnc12.[2H]c1nc([2H])n(C([2H])([2H])[2H])c1-c1c(F)cncc1NC(=O)c1c(N)nn2cc(F)cnc12.[2H]c1nc2c(C(=O)Nc3cncc(F)c3-c3c([2H])nc([2H])n3C)c(N)nn2cc1F.[2H]c1nc2c(C(=O)Nc3cncc(F)c3-c3cncn3C([2H])([2H])[2H])c(N)nn2cc1F. The van der Waals surface area contributed by atoms with Crippen LogP contribution in [0.5, 0.6) is 0 Å². The van der Waals surface area contributed by atoms with E-state index >= 15 is 0 Å². The molecule has 135 heavy (non-hydrogen) atoms. The minimum Gasteiger partial charge on any atom is -0.381 e. The summed E-state index contributed by atoms with van der Waals surface area (Å²) in [7, 11) is 3.11. The Labute approximate surface area is 766 Å². The molecule has 0 radical (unpaired) electrons. The van der Waals surface area contributed by atoms with Gasteiger partial charge in [0.1, 0.15) is 30.6 Å². The molecule has 0 saturated heterocycles. The molecule has 5 amide bonds. The van der Waals surface area contributed by atoms with Crippen LogP contribution < -0.4 is 55.3 Å². The van der Waals surface area contributed by atoms with Crippen LogP contribution in [0.3, 0.4) is 0 Å². The molecule has 45 nitrogen and oxygen atoms in total. The van der Waals surface area contributed by atoms with Gasteiger partial charge >= 0.3 is 0 Å². The fourth-order valence-corrected chi connectivity index (χ4v) is 12.9. The number of carbonyl (C=O) groups excluding carboxylic acids is 5. The average molecular weight is 1870 g/mol. The van der Waals surface area contributed by atoms with E-state index in [9.17, 15) is 67.9 Å². The van der Waals surface area contributed by atoms with E-state index in [0.717, 1.165) is 162 Å². The van der Waals surface area contributed by atoms with Gasteiger partial charge in [0.2, 0.25) is 0 Å². The van der Waals surface area contributed by atoms with Gasteiger partial charge in [-0.15, -0.1) is 25.5 Å². The lowest BCUT2D eigenvalue weighted by Crippen LogP contribution is -2.15. The highest BCUT2D eigenvalue weighted by atomic mass is 19.2. The third-order valence-electron chi connectivity index (χ3n) is 18.7. The summed E-state index contributed by atoms with van der Waals surface area (Å²) in [6.07, 6.45) is 21.2. The Morgan fingerprint density at radius 2 is 0.526 bits per heavy atom. The van der Waals surface area contributed by atoms with Crippen LogP contribution >= 0.6 is 0 Å². The highest BCUT2D eigenvalue weighted by Gasteiger charge is 2.31. The quantitative estimate of drug-likeness (QED) is 0.0341. The van der Waals surface area contributed by atoms with E-state index in [4.69, 9.17) is 49.2 Å². The van der Waals surface area contributed by atoms with E-state index in [-0.39, 0.29) is 165 Å². The van der Waals surface area contributed by atoms with Crippen molar-refractivity contribution >= 4 is 115 Å². The van der Waals surface area contributed by atoms with E-state index in [0.29, 0.717) is 10.3 Å². The number of pyridine rings is 5. The van der Waals surface area contributed by atoms with Crippen molar-refractivity contribution in [3.8, 4) is 56.3 Å². The van der Waals surface area contributed by atoms with Crippen molar-refractivity contribution in [2.75, 3.05) is 55.3 Å². The van der Waals surface area contributed by atoms with E-state index in [1.54, 1.807) is 11.6 Å². The molecule has 0 bridgehead atoms. The number of fused-ring (bicyclic) bond motifs is 5. The normalized spacial score (nSPS) is 13.0. The second kappa shape index (κ2) is 36.7. The highest BCUT2D eigenvalue weighted by Crippen LogP contribution is 2.37. The summed E-state index contributed by atoms with van der Waals surface area (Å²) in [6, 6.07) is 0. The first kappa shape index (κ1) is 71.6. The van der Waals surface area contributed by atoms with E-state index in [1.165, 1.54) is 30.3 Å². The van der Waals surface area contributed by atoms with Gasteiger partial charge in [-0.05, 0) is 0 Å². The lowest BCUT2D eigenvalue weighted by molar-refractivity contribution is 0.102. The third kappa shape index (κ3) is 17.8. The molecule has 15 N–H and O–H groups in total. The molecule has 20 aromatic rings. The molecule has 0 spiro atoms.